The highest BCUT2D eigenvalue weighted by molar-refractivity contribution is 7.86. The monoisotopic (exact) mass is 397 g/mol. The molecule has 25 heavy (non-hydrogen) atoms. The summed E-state index contributed by atoms with van der Waals surface area (Å²) in [7, 11) is -2.39. The van der Waals surface area contributed by atoms with Crippen LogP contribution in [0, 0.1) is 0 Å². The first kappa shape index (κ1) is 22.0. The van der Waals surface area contributed by atoms with Gasteiger partial charge in [-0.15, -0.1) is 0 Å². The summed E-state index contributed by atoms with van der Waals surface area (Å²) in [5.41, 5.74) is -0.0428. The maximum atomic E-state index is 12.8. The van der Waals surface area contributed by atoms with Crippen LogP contribution < -0.4 is 0 Å². The molecule has 0 spiro atoms. The van der Waals surface area contributed by atoms with Crippen LogP contribution >= 0.6 is 11.6 Å². The number of nitrogens with zero attached hydrogens (tertiary/aromatic N) is 1. The Balaban J connectivity index is 0.000000970. The third kappa shape index (κ3) is 5.20. The molecule has 1 aromatic heterocycles. The molecule has 0 radical (unpaired) electrons. The van der Waals surface area contributed by atoms with Crippen molar-refractivity contribution in [3.8, 4) is 0 Å². The second-order valence-electron chi connectivity index (χ2n) is 6.68. The molecule has 0 N–H and O–H groups in total. The number of hydrogen-bond acceptors (Lipinski definition) is 3. The fraction of sp³-hybridized carbons (Fsp3) is 0.588. The summed E-state index contributed by atoms with van der Waals surface area (Å²) in [6.45, 7) is 10.7. The molecule has 0 aliphatic heterocycles. The van der Waals surface area contributed by atoms with Gasteiger partial charge < -0.3 is 4.42 Å². The Morgan fingerprint density at radius 3 is 2.20 bits per heavy atom. The minimum atomic E-state index is -4.59. The fourth-order valence-corrected chi connectivity index (χ4v) is 3.31. The zero-order valence-corrected chi connectivity index (χ0v) is 16.7. The number of aromatic nitrogens is 1. The van der Waals surface area contributed by atoms with Crippen LogP contribution in [0.3, 0.4) is 0 Å². The highest BCUT2D eigenvalue weighted by atomic mass is 35.5. The van der Waals surface area contributed by atoms with Crippen molar-refractivity contribution in [2.75, 3.05) is 0 Å². The van der Waals surface area contributed by atoms with E-state index in [1.807, 2.05) is 20.8 Å². The summed E-state index contributed by atoms with van der Waals surface area (Å²) < 4.78 is 56.4. The Kier molecular flexibility index (Phi) is 7.10. The summed E-state index contributed by atoms with van der Waals surface area (Å²) in [4.78, 5) is 4.09. The van der Waals surface area contributed by atoms with E-state index in [4.69, 9.17) is 16.0 Å². The lowest BCUT2D eigenvalue weighted by molar-refractivity contribution is -0.126. The van der Waals surface area contributed by atoms with E-state index in [0.29, 0.717) is 11.4 Å². The van der Waals surface area contributed by atoms with Crippen molar-refractivity contribution in [3.63, 3.8) is 0 Å². The van der Waals surface area contributed by atoms with Crippen LogP contribution in [0.25, 0.3) is 11.1 Å². The van der Waals surface area contributed by atoms with Crippen molar-refractivity contribution in [2.45, 2.75) is 69.7 Å². The Hall–Kier alpha value is -1.08. The minimum absolute atomic E-state index is 0.0291. The zero-order valence-electron chi connectivity index (χ0n) is 15.1. The van der Waals surface area contributed by atoms with Gasteiger partial charge in [-0.25, -0.2) is 4.98 Å². The van der Waals surface area contributed by atoms with Gasteiger partial charge in [0.25, 0.3) is 0 Å². The normalized spacial score (nSPS) is 14.8. The number of rotatable bonds is 2. The van der Waals surface area contributed by atoms with Crippen molar-refractivity contribution in [1.82, 2.24) is 4.98 Å². The zero-order chi connectivity index (χ0) is 19.6. The van der Waals surface area contributed by atoms with E-state index >= 15 is 0 Å². The standard InChI is InChI=1S/C14H15ClF3NO2S.C3H8/c1-7(14(16,17)18)22(20)11-8(15)5-6-9-10(11)21-12(19-9)13(2,3)4;1-3-2/h5-7H,1-4H3;3H2,1-2H3. The van der Waals surface area contributed by atoms with Crippen molar-refractivity contribution < 1.29 is 21.8 Å². The summed E-state index contributed by atoms with van der Waals surface area (Å²) in [6.07, 6.45) is -3.34. The molecule has 0 aliphatic rings. The molecule has 2 aromatic rings. The number of oxazole rings is 1. The predicted octanol–water partition coefficient (Wildman–Crippen LogP) is 6.25. The number of alkyl halides is 3. The van der Waals surface area contributed by atoms with Crippen LogP contribution in [0.1, 0.15) is 53.9 Å². The van der Waals surface area contributed by atoms with Gasteiger partial charge in [0, 0.05) is 5.41 Å². The molecule has 0 aliphatic carbocycles. The molecule has 0 fully saturated rings. The topological polar surface area (TPSA) is 43.1 Å². The van der Waals surface area contributed by atoms with Gasteiger partial charge in [0.2, 0.25) is 5.89 Å². The Labute approximate surface area is 153 Å². The van der Waals surface area contributed by atoms with Gasteiger partial charge in [-0.2, -0.15) is 13.2 Å². The predicted molar refractivity (Wildman–Crippen MR) is 95.6 cm³/mol. The fourth-order valence-electron chi connectivity index (χ4n) is 1.75. The first-order valence-corrected chi connectivity index (χ1v) is 9.50. The molecule has 2 rings (SSSR count). The molecule has 2 unspecified atom stereocenters. The van der Waals surface area contributed by atoms with Crippen LogP contribution in [0.15, 0.2) is 21.4 Å². The number of fused-ring (bicyclic) bond motifs is 1. The molecule has 2 atom stereocenters. The van der Waals surface area contributed by atoms with Gasteiger partial charge in [-0.3, -0.25) is 4.21 Å². The second kappa shape index (κ2) is 8.08. The average Bonchev–Trinajstić information content (AvgIpc) is 2.89. The van der Waals surface area contributed by atoms with Crippen LogP contribution in [0.5, 0.6) is 0 Å². The summed E-state index contributed by atoms with van der Waals surface area (Å²) in [6, 6.07) is 2.92. The molecule has 1 aromatic carbocycles. The largest absolute Gasteiger partial charge is 0.439 e. The quantitative estimate of drug-likeness (QED) is 0.601. The lowest BCUT2D eigenvalue weighted by atomic mass is 9.97. The van der Waals surface area contributed by atoms with Crippen LogP contribution in [-0.4, -0.2) is 20.6 Å². The van der Waals surface area contributed by atoms with Gasteiger partial charge in [-0.05, 0) is 19.1 Å². The Morgan fingerprint density at radius 2 is 1.76 bits per heavy atom. The molecule has 1 heterocycles. The number of benzene rings is 1. The highest BCUT2D eigenvalue weighted by Gasteiger charge is 2.42. The molecule has 3 nitrogen and oxygen atoms in total. The molecule has 0 bridgehead atoms. The molecule has 0 amide bonds. The first-order valence-electron chi connectivity index (χ1n) is 7.91. The van der Waals surface area contributed by atoms with E-state index in [2.05, 4.69) is 18.8 Å². The molecule has 8 heteroatoms. The summed E-state index contributed by atoms with van der Waals surface area (Å²) in [5.74, 6) is 0.350. The van der Waals surface area contributed by atoms with Crippen molar-refractivity contribution >= 4 is 33.5 Å². The molecular weight excluding hydrogens is 375 g/mol. The minimum Gasteiger partial charge on any atom is -0.439 e. The van der Waals surface area contributed by atoms with Gasteiger partial charge in [-0.1, -0.05) is 52.6 Å². The third-order valence-corrected chi connectivity index (χ3v) is 5.23. The van der Waals surface area contributed by atoms with E-state index in [1.165, 1.54) is 18.6 Å². The van der Waals surface area contributed by atoms with Gasteiger partial charge in [0.05, 0.1) is 15.8 Å². The third-order valence-electron chi connectivity index (χ3n) is 3.09. The van der Waals surface area contributed by atoms with Crippen molar-refractivity contribution in [3.05, 3.63) is 23.0 Å². The Morgan fingerprint density at radius 1 is 1.24 bits per heavy atom. The van der Waals surface area contributed by atoms with Crippen molar-refractivity contribution in [2.24, 2.45) is 0 Å². The lowest BCUT2D eigenvalue weighted by Gasteiger charge is -2.16. The van der Waals surface area contributed by atoms with Crippen LogP contribution in [-0.2, 0) is 16.2 Å². The van der Waals surface area contributed by atoms with Crippen molar-refractivity contribution in [1.29, 1.82) is 0 Å². The maximum Gasteiger partial charge on any atom is 0.403 e. The van der Waals surface area contributed by atoms with Crippen LogP contribution in [0.2, 0.25) is 5.02 Å². The lowest BCUT2D eigenvalue weighted by Crippen LogP contribution is -2.30. The summed E-state index contributed by atoms with van der Waals surface area (Å²) >= 11 is 5.97. The van der Waals surface area contributed by atoms with E-state index in [-0.39, 0.29) is 15.5 Å². The highest BCUT2D eigenvalue weighted by Crippen LogP contribution is 2.36. The van der Waals surface area contributed by atoms with E-state index < -0.39 is 27.6 Å². The Bertz CT molecular complexity index is 751. The smallest absolute Gasteiger partial charge is 0.403 e. The molecule has 142 valence electrons. The van der Waals surface area contributed by atoms with E-state index in [0.717, 1.165) is 6.92 Å². The number of halogens is 4. The molecular formula is C17H23ClF3NO2S. The summed E-state index contributed by atoms with van der Waals surface area (Å²) in [5, 5.41) is -2.09. The average molecular weight is 398 g/mol. The van der Waals surface area contributed by atoms with Gasteiger partial charge >= 0.3 is 6.18 Å². The molecule has 0 saturated heterocycles. The maximum absolute atomic E-state index is 12.8. The second-order valence-corrected chi connectivity index (χ2v) is 8.80. The van der Waals surface area contributed by atoms with Gasteiger partial charge in [0.15, 0.2) is 5.58 Å². The SMILES string of the molecule is CC(S(=O)c1c(Cl)ccc2nc(C(C)(C)C)oc12)C(F)(F)F.CCC. The van der Waals surface area contributed by atoms with E-state index in [9.17, 15) is 17.4 Å². The molecule has 0 saturated carbocycles. The first-order chi connectivity index (χ1) is 11.3. The van der Waals surface area contributed by atoms with E-state index in [1.54, 1.807) is 0 Å². The van der Waals surface area contributed by atoms with Gasteiger partial charge in [0.1, 0.15) is 15.7 Å². The number of hydrogen-bond donors (Lipinski definition) is 0. The van der Waals surface area contributed by atoms with Crippen LogP contribution in [0.4, 0.5) is 13.2 Å².